The van der Waals surface area contributed by atoms with Crippen LogP contribution in [-0.2, 0) is 16.0 Å². The van der Waals surface area contributed by atoms with Gasteiger partial charge < -0.3 is 14.7 Å². The van der Waals surface area contributed by atoms with Crippen molar-refractivity contribution in [3.05, 3.63) is 23.8 Å². The van der Waals surface area contributed by atoms with Gasteiger partial charge in [-0.3, -0.25) is 9.59 Å². The summed E-state index contributed by atoms with van der Waals surface area (Å²) in [6.07, 6.45) is 2.51. The van der Waals surface area contributed by atoms with Crippen molar-refractivity contribution < 1.29 is 19.4 Å². The van der Waals surface area contributed by atoms with E-state index in [1.807, 2.05) is 25.1 Å². The van der Waals surface area contributed by atoms with Gasteiger partial charge in [-0.25, -0.2) is 0 Å². The summed E-state index contributed by atoms with van der Waals surface area (Å²) in [4.78, 5) is 24.0. The number of ether oxygens (including phenoxy) is 1. The maximum absolute atomic E-state index is 11.8. The fraction of sp³-hybridized carbons (Fsp3) is 0.467. The predicted molar refractivity (Wildman–Crippen MR) is 75.2 cm³/mol. The second-order valence-corrected chi connectivity index (χ2v) is 4.83. The predicted octanol–water partition coefficient (Wildman–Crippen LogP) is 2.23. The van der Waals surface area contributed by atoms with E-state index in [9.17, 15) is 9.59 Å². The molecule has 1 amide bonds. The summed E-state index contributed by atoms with van der Waals surface area (Å²) in [6.45, 7) is 2.66. The Morgan fingerprint density at radius 3 is 2.90 bits per heavy atom. The Morgan fingerprint density at radius 2 is 2.20 bits per heavy atom. The average Bonchev–Trinajstić information content (AvgIpc) is 2.43. The lowest BCUT2D eigenvalue weighted by Crippen LogP contribution is -2.38. The number of benzene rings is 1. The van der Waals surface area contributed by atoms with E-state index in [4.69, 9.17) is 9.84 Å². The van der Waals surface area contributed by atoms with Crippen molar-refractivity contribution in [2.75, 3.05) is 18.1 Å². The largest absolute Gasteiger partial charge is 0.482 e. The van der Waals surface area contributed by atoms with Crippen LogP contribution in [0.5, 0.6) is 5.75 Å². The molecular weight excluding hydrogens is 258 g/mol. The minimum Gasteiger partial charge on any atom is -0.482 e. The summed E-state index contributed by atoms with van der Waals surface area (Å²) < 4.78 is 5.41. The molecule has 1 heterocycles. The smallest absolute Gasteiger partial charge is 0.303 e. The van der Waals surface area contributed by atoms with Crippen LogP contribution < -0.4 is 9.64 Å². The van der Waals surface area contributed by atoms with Crippen molar-refractivity contribution in [2.45, 2.75) is 32.6 Å². The number of rotatable bonds is 6. The maximum Gasteiger partial charge on any atom is 0.303 e. The fourth-order valence-corrected chi connectivity index (χ4v) is 2.36. The van der Waals surface area contributed by atoms with Crippen molar-refractivity contribution >= 4 is 17.6 Å². The molecule has 5 nitrogen and oxygen atoms in total. The van der Waals surface area contributed by atoms with Gasteiger partial charge in [0.05, 0.1) is 5.69 Å². The maximum atomic E-state index is 11.8. The lowest BCUT2D eigenvalue weighted by Gasteiger charge is -2.28. The molecule has 1 aliphatic rings. The van der Waals surface area contributed by atoms with Gasteiger partial charge in [-0.1, -0.05) is 6.07 Å². The first kappa shape index (κ1) is 14.4. The molecule has 1 aliphatic heterocycles. The van der Waals surface area contributed by atoms with Crippen LogP contribution >= 0.6 is 0 Å². The Kier molecular flexibility index (Phi) is 4.61. The second kappa shape index (κ2) is 6.41. The number of carboxylic acid groups (broad SMARTS) is 1. The van der Waals surface area contributed by atoms with Crippen LogP contribution in [-0.4, -0.2) is 30.1 Å². The van der Waals surface area contributed by atoms with Gasteiger partial charge in [-0.05, 0) is 43.9 Å². The standard InChI is InChI=1S/C15H19NO4/c1-2-16-12-9-11(5-3-4-6-15(18)19)7-8-13(12)20-10-14(16)17/h7-9H,2-6,10H2,1H3,(H,18,19). The summed E-state index contributed by atoms with van der Waals surface area (Å²) in [5.41, 5.74) is 1.92. The first-order valence-corrected chi connectivity index (χ1v) is 6.89. The number of anilines is 1. The fourth-order valence-electron chi connectivity index (χ4n) is 2.36. The number of aryl methyl sites for hydroxylation is 1. The van der Waals surface area contributed by atoms with Gasteiger partial charge in [0.2, 0.25) is 0 Å². The third-order valence-electron chi connectivity index (χ3n) is 3.39. The molecule has 0 fully saturated rings. The van der Waals surface area contributed by atoms with Gasteiger partial charge in [0, 0.05) is 13.0 Å². The van der Waals surface area contributed by atoms with Crippen LogP contribution in [0.4, 0.5) is 5.69 Å². The molecule has 1 N–H and O–H groups in total. The molecule has 0 unspecified atom stereocenters. The molecule has 0 bridgehead atoms. The van der Waals surface area contributed by atoms with Crippen molar-refractivity contribution in [2.24, 2.45) is 0 Å². The van der Waals surface area contributed by atoms with E-state index < -0.39 is 5.97 Å². The zero-order chi connectivity index (χ0) is 14.5. The zero-order valence-electron chi connectivity index (χ0n) is 11.6. The second-order valence-electron chi connectivity index (χ2n) is 4.83. The highest BCUT2D eigenvalue weighted by Gasteiger charge is 2.24. The van der Waals surface area contributed by atoms with Crippen LogP contribution in [0.2, 0.25) is 0 Å². The minimum absolute atomic E-state index is 0.0250. The topological polar surface area (TPSA) is 66.8 Å². The van der Waals surface area contributed by atoms with Crippen molar-refractivity contribution in [3.8, 4) is 5.75 Å². The number of nitrogens with zero attached hydrogens (tertiary/aromatic N) is 1. The molecule has 0 saturated carbocycles. The van der Waals surface area contributed by atoms with E-state index in [-0.39, 0.29) is 18.9 Å². The molecule has 1 aromatic carbocycles. The van der Waals surface area contributed by atoms with E-state index in [0.717, 1.165) is 29.8 Å². The van der Waals surface area contributed by atoms with Gasteiger partial charge in [0.1, 0.15) is 5.75 Å². The number of amides is 1. The average molecular weight is 277 g/mol. The number of unbranched alkanes of at least 4 members (excludes halogenated alkanes) is 1. The number of likely N-dealkylation sites (N-methyl/N-ethyl adjacent to an activating group) is 1. The Hall–Kier alpha value is -2.04. The normalized spacial score (nSPS) is 13.8. The third-order valence-corrected chi connectivity index (χ3v) is 3.39. The van der Waals surface area contributed by atoms with Crippen LogP contribution in [0.3, 0.4) is 0 Å². The first-order chi connectivity index (χ1) is 9.61. The van der Waals surface area contributed by atoms with Crippen LogP contribution in [0.25, 0.3) is 0 Å². The SMILES string of the molecule is CCN1C(=O)COc2ccc(CCCCC(=O)O)cc21. The van der Waals surface area contributed by atoms with Gasteiger partial charge >= 0.3 is 5.97 Å². The summed E-state index contributed by atoms with van der Waals surface area (Å²) in [6, 6.07) is 5.83. The lowest BCUT2D eigenvalue weighted by atomic mass is 10.0. The van der Waals surface area contributed by atoms with Gasteiger partial charge in [-0.2, -0.15) is 0 Å². The molecule has 0 spiro atoms. The minimum atomic E-state index is -0.758. The van der Waals surface area contributed by atoms with Crippen molar-refractivity contribution in [1.82, 2.24) is 0 Å². The van der Waals surface area contributed by atoms with Crippen LogP contribution in [0, 0.1) is 0 Å². The molecule has 0 radical (unpaired) electrons. The molecule has 0 aromatic heterocycles. The van der Waals surface area contributed by atoms with Gasteiger partial charge in [-0.15, -0.1) is 0 Å². The highest BCUT2D eigenvalue weighted by atomic mass is 16.5. The number of carboxylic acids is 1. The van der Waals surface area contributed by atoms with E-state index in [2.05, 4.69) is 0 Å². The van der Waals surface area contributed by atoms with E-state index in [1.54, 1.807) is 4.90 Å². The number of hydrogen-bond donors (Lipinski definition) is 1. The number of hydrogen-bond acceptors (Lipinski definition) is 3. The molecule has 1 aromatic rings. The molecule has 0 aliphatic carbocycles. The first-order valence-electron chi connectivity index (χ1n) is 6.89. The molecule has 2 rings (SSSR count). The molecule has 0 atom stereocenters. The Labute approximate surface area is 118 Å². The molecular formula is C15H19NO4. The highest BCUT2D eigenvalue weighted by molar-refractivity contribution is 5.97. The van der Waals surface area contributed by atoms with Gasteiger partial charge in [0.15, 0.2) is 6.61 Å². The third kappa shape index (κ3) is 3.29. The highest BCUT2D eigenvalue weighted by Crippen LogP contribution is 2.33. The number of carbonyl (C=O) groups is 2. The summed E-state index contributed by atoms with van der Waals surface area (Å²) in [5.74, 6) is -0.0460. The summed E-state index contributed by atoms with van der Waals surface area (Å²) >= 11 is 0. The number of aliphatic carboxylic acids is 1. The summed E-state index contributed by atoms with van der Waals surface area (Å²) in [5, 5.41) is 8.60. The summed E-state index contributed by atoms with van der Waals surface area (Å²) in [7, 11) is 0. The molecule has 20 heavy (non-hydrogen) atoms. The Morgan fingerprint density at radius 1 is 1.40 bits per heavy atom. The number of carbonyl (C=O) groups excluding carboxylic acids is 1. The Bertz CT molecular complexity index is 513. The molecule has 0 saturated heterocycles. The van der Waals surface area contributed by atoms with Crippen molar-refractivity contribution in [1.29, 1.82) is 0 Å². The zero-order valence-corrected chi connectivity index (χ0v) is 11.6. The quantitative estimate of drug-likeness (QED) is 0.810. The van der Waals surface area contributed by atoms with E-state index in [1.165, 1.54) is 0 Å². The Balaban J connectivity index is 2.04. The van der Waals surface area contributed by atoms with Crippen molar-refractivity contribution in [3.63, 3.8) is 0 Å². The monoisotopic (exact) mass is 277 g/mol. The van der Waals surface area contributed by atoms with Crippen LogP contribution in [0.1, 0.15) is 31.7 Å². The van der Waals surface area contributed by atoms with Gasteiger partial charge in [0.25, 0.3) is 5.91 Å². The molecule has 5 heteroatoms. The van der Waals surface area contributed by atoms with Crippen LogP contribution in [0.15, 0.2) is 18.2 Å². The lowest BCUT2D eigenvalue weighted by molar-refractivity contribution is -0.137. The van der Waals surface area contributed by atoms with E-state index in [0.29, 0.717) is 13.0 Å². The van der Waals surface area contributed by atoms with E-state index >= 15 is 0 Å². The molecule has 108 valence electrons. The number of fused-ring (bicyclic) bond motifs is 1.